The molecule has 0 amide bonds. The zero-order valence-electron chi connectivity index (χ0n) is 11.7. The summed E-state index contributed by atoms with van der Waals surface area (Å²) < 4.78 is 7.62. The van der Waals surface area contributed by atoms with E-state index in [0.717, 1.165) is 27.1 Å². The van der Waals surface area contributed by atoms with Crippen LogP contribution in [0.3, 0.4) is 0 Å². The third-order valence-corrected chi connectivity index (χ3v) is 3.89. The molecule has 0 N–H and O–H groups in total. The Kier molecular flexibility index (Phi) is 3.40. The van der Waals surface area contributed by atoms with Crippen LogP contribution in [0, 0.1) is 6.92 Å². The van der Waals surface area contributed by atoms with Gasteiger partial charge in [0.05, 0.1) is 0 Å². The Hall–Kier alpha value is -1.95. The largest absolute Gasteiger partial charge is 0.486 e. The van der Waals surface area contributed by atoms with Gasteiger partial charge in [-0.25, -0.2) is 0 Å². The van der Waals surface area contributed by atoms with Crippen LogP contribution >= 0.6 is 11.3 Å². The number of nitrogens with zero attached hydrogens (tertiary/aromatic N) is 4. The Bertz CT molecular complexity index is 732. The number of rotatable bonds is 4. The van der Waals surface area contributed by atoms with Crippen molar-refractivity contribution in [3.63, 3.8) is 0 Å². The van der Waals surface area contributed by atoms with E-state index in [1.165, 1.54) is 11.3 Å². The molecule has 6 heteroatoms. The van der Waals surface area contributed by atoms with E-state index >= 15 is 0 Å². The average molecular weight is 288 g/mol. The van der Waals surface area contributed by atoms with E-state index in [9.17, 15) is 0 Å². The second-order valence-electron chi connectivity index (χ2n) is 4.96. The molecular formula is C14H16N4OS. The van der Waals surface area contributed by atoms with Crippen molar-refractivity contribution in [2.75, 3.05) is 0 Å². The Morgan fingerprint density at radius 2 is 2.05 bits per heavy atom. The summed E-state index contributed by atoms with van der Waals surface area (Å²) in [6.07, 6.45) is 0. The van der Waals surface area contributed by atoms with Crippen LogP contribution in [0.1, 0.15) is 36.2 Å². The molecule has 3 aromatic rings. The van der Waals surface area contributed by atoms with Crippen molar-refractivity contribution in [3.8, 4) is 5.75 Å². The molecule has 0 saturated heterocycles. The summed E-state index contributed by atoms with van der Waals surface area (Å²) in [7, 11) is 0. The van der Waals surface area contributed by atoms with E-state index < -0.39 is 0 Å². The summed E-state index contributed by atoms with van der Waals surface area (Å²) in [6, 6.07) is 7.97. The topological polar surface area (TPSA) is 52.3 Å². The Morgan fingerprint density at radius 1 is 1.25 bits per heavy atom. The highest BCUT2D eigenvalue weighted by Gasteiger charge is 2.14. The SMILES string of the molecule is Cc1ccccc1OCc1nn2c(C(C)C)nnc2s1. The van der Waals surface area contributed by atoms with E-state index in [2.05, 4.69) is 29.1 Å². The normalized spacial score (nSPS) is 11.4. The van der Waals surface area contributed by atoms with Crippen LogP contribution in [0.4, 0.5) is 0 Å². The van der Waals surface area contributed by atoms with Gasteiger partial charge in [0, 0.05) is 5.92 Å². The van der Waals surface area contributed by atoms with E-state index in [0.29, 0.717) is 12.5 Å². The molecule has 2 aromatic heterocycles. The molecule has 0 atom stereocenters. The molecule has 3 rings (SSSR count). The van der Waals surface area contributed by atoms with Crippen molar-refractivity contribution < 1.29 is 4.74 Å². The van der Waals surface area contributed by atoms with Crippen molar-refractivity contribution in [1.82, 2.24) is 19.8 Å². The van der Waals surface area contributed by atoms with Gasteiger partial charge < -0.3 is 4.74 Å². The average Bonchev–Trinajstić information content (AvgIpc) is 2.96. The van der Waals surface area contributed by atoms with Crippen molar-refractivity contribution in [1.29, 1.82) is 0 Å². The number of hydrogen-bond acceptors (Lipinski definition) is 5. The van der Waals surface area contributed by atoms with Gasteiger partial charge >= 0.3 is 0 Å². The fourth-order valence-corrected chi connectivity index (χ4v) is 2.70. The first-order valence-electron chi connectivity index (χ1n) is 6.54. The second kappa shape index (κ2) is 5.20. The quantitative estimate of drug-likeness (QED) is 0.740. The van der Waals surface area contributed by atoms with Gasteiger partial charge in [-0.1, -0.05) is 43.4 Å². The Morgan fingerprint density at radius 3 is 2.80 bits per heavy atom. The predicted octanol–water partition coefficient (Wildman–Crippen LogP) is 3.20. The number of aryl methyl sites for hydroxylation is 1. The molecule has 104 valence electrons. The van der Waals surface area contributed by atoms with Gasteiger partial charge in [0.2, 0.25) is 4.96 Å². The van der Waals surface area contributed by atoms with Gasteiger partial charge in [-0.2, -0.15) is 9.61 Å². The second-order valence-corrected chi connectivity index (χ2v) is 6.00. The molecule has 0 fully saturated rings. The molecule has 5 nitrogen and oxygen atoms in total. The Labute approximate surface area is 121 Å². The van der Waals surface area contributed by atoms with Crippen LogP contribution in [0.25, 0.3) is 4.96 Å². The molecule has 0 spiro atoms. The van der Waals surface area contributed by atoms with Crippen molar-refractivity contribution in [2.45, 2.75) is 33.3 Å². The maximum atomic E-state index is 5.81. The molecule has 0 bridgehead atoms. The lowest BCUT2D eigenvalue weighted by Gasteiger charge is -2.06. The number of benzene rings is 1. The number of hydrogen-bond donors (Lipinski definition) is 0. The molecule has 0 aliphatic heterocycles. The van der Waals surface area contributed by atoms with Crippen LogP contribution in [-0.4, -0.2) is 19.8 Å². The number of ether oxygens (including phenoxy) is 1. The van der Waals surface area contributed by atoms with E-state index in [1.807, 2.05) is 35.7 Å². The van der Waals surface area contributed by atoms with Crippen molar-refractivity contribution in [3.05, 3.63) is 40.7 Å². The summed E-state index contributed by atoms with van der Waals surface area (Å²) >= 11 is 1.51. The molecule has 0 saturated carbocycles. The van der Waals surface area contributed by atoms with E-state index in [1.54, 1.807) is 0 Å². The van der Waals surface area contributed by atoms with Crippen LogP contribution in [0.15, 0.2) is 24.3 Å². The molecule has 0 radical (unpaired) electrons. The van der Waals surface area contributed by atoms with E-state index in [-0.39, 0.29) is 0 Å². The third kappa shape index (κ3) is 2.38. The first kappa shape index (κ1) is 13.1. The highest BCUT2D eigenvalue weighted by atomic mass is 32.1. The van der Waals surface area contributed by atoms with Gasteiger partial charge in [0.15, 0.2) is 10.8 Å². The van der Waals surface area contributed by atoms with Gasteiger partial charge in [0.1, 0.15) is 12.4 Å². The van der Waals surface area contributed by atoms with Crippen LogP contribution in [-0.2, 0) is 6.61 Å². The minimum Gasteiger partial charge on any atom is -0.486 e. The molecule has 0 aliphatic rings. The van der Waals surface area contributed by atoms with Crippen LogP contribution in [0.5, 0.6) is 5.75 Å². The molecular weight excluding hydrogens is 272 g/mol. The standard InChI is InChI=1S/C14H16N4OS/c1-9(2)13-15-16-14-18(13)17-12(20-14)8-19-11-7-5-4-6-10(11)3/h4-7,9H,8H2,1-3H3. The highest BCUT2D eigenvalue weighted by Crippen LogP contribution is 2.21. The van der Waals surface area contributed by atoms with Crippen LogP contribution < -0.4 is 4.74 Å². The molecule has 0 aliphatic carbocycles. The third-order valence-electron chi connectivity index (χ3n) is 3.02. The molecule has 1 aromatic carbocycles. The Balaban J connectivity index is 1.80. The number of para-hydroxylation sites is 1. The molecule has 2 heterocycles. The maximum absolute atomic E-state index is 5.81. The lowest BCUT2D eigenvalue weighted by atomic mass is 10.2. The maximum Gasteiger partial charge on any atom is 0.234 e. The smallest absolute Gasteiger partial charge is 0.234 e. The van der Waals surface area contributed by atoms with E-state index in [4.69, 9.17) is 4.74 Å². The summed E-state index contributed by atoms with van der Waals surface area (Å²) in [5, 5.41) is 13.7. The van der Waals surface area contributed by atoms with Gasteiger partial charge in [-0.05, 0) is 18.6 Å². The molecule has 0 unspecified atom stereocenters. The summed E-state index contributed by atoms with van der Waals surface area (Å²) in [5.41, 5.74) is 1.12. The predicted molar refractivity (Wildman–Crippen MR) is 78.3 cm³/mol. The summed E-state index contributed by atoms with van der Waals surface area (Å²) in [6.45, 7) is 6.65. The zero-order chi connectivity index (χ0) is 14.1. The lowest BCUT2D eigenvalue weighted by Crippen LogP contribution is -2.01. The molecule has 20 heavy (non-hydrogen) atoms. The minimum absolute atomic E-state index is 0.303. The fourth-order valence-electron chi connectivity index (χ4n) is 1.95. The van der Waals surface area contributed by atoms with Crippen molar-refractivity contribution >= 4 is 16.3 Å². The first-order valence-corrected chi connectivity index (χ1v) is 7.36. The van der Waals surface area contributed by atoms with Gasteiger partial charge in [0.25, 0.3) is 0 Å². The number of aromatic nitrogens is 4. The lowest BCUT2D eigenvalue weighted by molar-refractivity contribution is 0.302. The minimum atomic E-state index is 0.303. The monoisotopic (exact) mass is 288 g/mol. The highest BCUT2D eigenvalue weighted by molar-refractivity contribution is 7.16. The number of fused-ring (bicyclic) bond motifs is 1. The summed E-state index contributed by atoms with van der Waals surface area (Å²) in [4.78, 5) is 0.817. The van der Waals surface area contributed by atoms with Crippen molar-refractivity contribution in [2.24, 2.45) is 0 Å². The first-order chi connectivity index (χ1) is 9.65. The van der Waals surface area contributed by atoms with Gasteiger partial charge in [-0.15, -0.1) is 10.2 Å². The summed E-state index contributed by atoms with van der Waals surface area (Å²) in [5.74, 6) is 2.08. The van der Waals surface area contributed by atoms with Gasteiger partial charge in [-0.3, -0.25) is 0 Å². The fraction of sp³-hybridized carbons (Fsp3) is 0.357. The van der Waals surface area contributed by atoms with Crippen LogP contribution in [0.2, 0.25) is 0 Å². The zero-order valence-corrected chi connectivity index (χ0v) is 12.5.